The third kappa shape index (κ3) is 5.19. The lowest BCUT2D eigenvalue weighted by Crippen LogP contribution is -2.39. The summed E-state index contributed by atoms with van der Waals surface area (Å²) in [6.45, 7) is 19.8. The number of anilines is 1. The highest BCUT2D eigenvalue weighted by atomic mass is 16.5. The van der Waals surface area contributed by atoms with Crippen LogP contribution in [0.15, 0.2) is 73.0 Å². The number of carboxylic acid groups (broad SMARTS) is 2. The second kappa shape index (κ2) is 12.0. The van der Waals surface area contributed by atoms with Crippen LogP contribution in [0.3, 0.4) is 0 Å². The van der Waals surface area contributed by atoms with Crippen LogP contribution in [0.2, 0.25) is 0 Å². The lowest BCUT2D eigenvalue weighted by Gasteiger charge is -2.32. The number of methoxy groups -OCH3 is 1. The number of nitrogens with zero attached hydrogens (tertiary/aromatic N) is 4. The highest BCUT2D eigenvalue weighted by Gasteiger charge is 2.54. The molecule has 43 heavy (non-hydrogen) atoms. The van der Waals surface area contributed by atoms with Crippen LogP contribution in [0.1, 0.15) is 50.7 Å². The van der Waals surface area contributed by atoms with Crippen molar-refractivity contribution in [2.45, 2.75) is 50.4 Å². The Labute approximate surface area is 251 Å². The summed E-state index contributed by atoms with van der Waals surface area (Å²) in [7, 11) is 1.57. The Morgan fingerprint density at radius 3 is 2.33 bits per heavy atom. The number of ether oxygens (including phenoxy) is 1. The Balaban J connectivity index is 2.16. The average Bonchev–Trinajstić information content (AvgIpc) is 3.36. The molecule has 0 amide bonds. The first kappa shape index (κ1) is 30.8. The molecule has 4 rings (SSSR count). The Morgan fingerprint density at radius 1 is 1.07 bits per heavy atom. The number of carbonyl (C=O) groups is 2. The second-order valence-corrected chi connectivity index (χ2v) is 11.1. The quantitative estimate of drug-likeness (QED) is 0.132. The molecule has 0 saturated heterocycles. The summed E-state index contributed by atoms with van der Waals surface area (Å²) in [5.74, 6) is -1.33. The maximum absolute atomic E-state index is 11.8. The number of carboxylic acids is 2. The van der Waals surface area contributed by atoms with Gasteiger partial charge in [-0.1, -0.05) is 24.3 Å². The zero-order valence-electron chi connectivity index (χ0n) is 24.7. The van der Waals surface area contributed by atoms with Crippen molar-refractivity contribution in [1.29, 1.82) is 5.26 Å². The molecular weight excluding hydrogens is 544 g/mol. The van der Waals surface area contributed by atoms with Crippen LogP contribution < -0.4 is 9.64 Å². The first-order valence-electron chi connectivity index (χ1n) is 13.9. The summed E-state index contributed by atoms with van der Waals surface area (Å²) in [4.78, 5) is 29.1. The molecule has 0 spiro atoms. The number of benzene rings is 2. The van der Waals surface area contributed by atoms with Crippen molar-refractivity contribution in [1.82, 2.24) is 0 Å². The fourth-order valence-corrected chi connectivity index (χ4v) is 6.59. The van der Waals surface area contributed by atoms with Gasteiger partial charge in [-0.05, 0) is 50.5 Å². The molecule has 2 heterocycles. The number of hydrogen-bond donors (Lipinski definition) is 2. The van der Waals surface area contributed by atoms with E-state index < -0.39 is 22.8 Å². The topological polar surface area (TPSA) is 118 Å². The van der Waals surface area contributed by atoms with Crippen LogP contribution in [0.4, 0.5) is 17.1 Å². The van der Waals surface area contributed by atoms with Gasteiger partial charge in [-0.25, -0.2) is 4.85 Å². The maximum atomic E-state index is 11.8. The van der Waals surface area contributed by atoms with E-state index in [4.69, 9.17) is 11.3 Å². The molecule has 9 nitrogen and oxygen atoms in total. The van der Waals surface area contributed by atoms with Gasteiger partial charge >= 0.3 is 11.9 Å². The number of rotatable bonds is 12. The molecular formula is C34H35N4O5+. The van der Waals surface area contributed by atoms with Gasteiger partial charge in [0.15, 0.2) is 12.2 Å². The predicted molar refractivity (Wildman–Crippen MR) is 164 cm³/mol. The normalized spacial score (nSPS) is 21.4. The SMILES string of the molecule is [C-]#[N+]c1ccc2c(c1)C(C)(CC=C)C(=C(C#N)C1=[N+](CCC(=O)O)c3ccc(OC)cc3C1(C)CC=C)N2CCC(=O)O. The summed E-state index contributed by atoms with van der Waals surface area (Å²) >= 11 is 0. The zero-order valence-corrected chi connectivity index (χ0v) is 24.7. The number of allylic oxidation sites excluding steroid dienone is 4. The van der Waals surface area contributed by atoms with E-state index in [9.17, 15) is 25.1 Å². The molecule has 0 aromatic heterocycles. The largest absolute Gasteiger partial charge is 0.497 e. The maximum Gasteiger partial charge on any atom is 0.309 e. The van der Waals surface area contributed by atoms with Crippen molar-refractivity contribution in [3.8, 4) is 11.8 Å². The van der Waals surface area contributed by atoms with Gasteiger partial charge in [0.2, 0.25) is 11.4 Å². The van der Waals surface area contributed by atoms with Crippen LogP contribution in [0.5, 0.6) is 5.75 Å². The minimum absolute atomic E-state index is 0.0916. The van der Waals surface area contributed by atoms with Gasteiger partial charge < -0.3 is 19.8 Å². The Hall–Kier alpha value is -5.15. The fourth-order valence-electron chi connectivity index (χ4n) is 6.59. The van der Waals surface area contributed by atoms with Gasteiger partial charge in [-0.2, -0.15) is 9.84 Å². The number of fused-ring (bicyclic) bond motifs is 2. The zero-order chi connectivity index (χ0) is 31.5. The molecule has 2 aliphatic heterocycles. The van der Waals surface area contributed by atoms with Crippen LogP contribution in [-0.4, -0.2) is 52.6 Å². The van der Waals surface area contributed by atoms with Crippen molar-refractivity contribution in [3.63, 3.8) is 0 Å². The fraction of sp³-hybridized carbons (Fsp3) is 0.324. The Bertz CT molecular complexity index is 1670. The van der Waals surface area contributed by atoms with E-state index in [1.54, 1.807) is 43.5 Å². The van der Waals surface area contributed by atoms with Gasteiger partial charge in [-0.15, -0.1) is 13.2 Å². The highest BCUT2D eigenvalue weighted by Crippen LogP contribution is 2.54. The minimum Gasteiger partial charge on any atom is -0.497 e. The lowest BCUT2D eigenvalue weighted by molar-refractivity contribution is -0.437. The Kier molecular flexibility index (Phi) is 8.59. The molecule has 2 unspecified atom stereocenters. The first-order valence-corrected chi connectivity index (χ1v) is 13.9. The highest BCUT2D eigenvalue weighted by molar-refractivity contribution is 6.11. The van der Waals surface area contributed by atoms with Crippen LogP contribution in [-0.2, 0) is 20.4 Å². The van der Waals surface area contributed by atoms with E-state index in [2.05, 4.69) is 24.1 Å². The van der Waals surface area contributed by atoms with Gasteiger partial charge in [0.1, 0.15) is 23.8 Å². The van der Waals surface area contributed by atoms with E-state index in [0.29, 0.717) is 41.3 Å². The summed E-state index contributed by atoms with van der Waals surface area (Å²) in [6, 6.07) is 13.4. The van der Waals surface area contributed by atoms with Crippen molar-refractivity contribution >= 4 is 34.7 Å². The van der Waals surface area contributed by atoms with Crippen molar-refractivity contribution < 1.29 is 29.1 Å². The molecule has 0 saturated carbocycles. The monoisotopic (exact) mass is 579 g/mol. The van der Waals surface area contributed by atoms with E-state index >= 15 is 0 Å². The first-order chi connectivity index (χ1) is 20.5. The molecule has 2 N–H and O–H groups in total. The molecule has 2 aromatic rings. The second-order valence-electron chi connectivity index (χ2n) is 11.1. The Morgan fingerprint density at radius 2 is 1.74 bits per heavy atom. The summed E-state index contributed by atoms with van der Waals surface area (Å²) in [5.41, 5.74) is 3.48. The van der Waals surface area contributed by atoms with E-state index in [1.165, 1.54) is 0 Å². The van der Waals surface area contributed by atoms with Crippen molar-refractivity contribution in [2.75, 3.05) is 25.1 Å². The van der Waals surface area contributed by atoms with Crippen LogP contribution in [0, 0.1) is 17.9 Å². The number of aliphatic carboxylic acids is 2. The molecule has 2 aliphatic rings. The smallest absolute Gasteiger partial charge is 0.309 e. The summed E-state index contributed by atoms with van der Waals surface area (Å²) in [5, 5.41) is 30.4. The lowest BCUT2D eigenvalue weighted by atomic mass is 9.71. The average molecular weight is 580 g/mol. The van der Waals surface area contributed by atoms with Crippen LogP contribution in [0.25, 0.3) is 4.85 Å². The molecule has 0 fully saturated rings. The van der Waals surface area contributed by atoms with Crippen LogP contribution >= 0.6 is 0 Å². The molecule has 0 radical (unpaired) electrons. The predicted octanol–water partition coefficient (Wildman–Crippen LogP) is 6.26. The van der Waals surface area contributed by atoms with Crippen molar-refractivity contribution in [3.05, 3.63) is 95.5 Å². The molecule has 2 aromatic carbocycles. The number of hydrogen-bond acceptors (Lipinski definition) is 5. The molecule has 0 aliphatic carbocycles. The summed E-state index contributed by atoms with van der Waals surface area (Å²) < 4.78 is 7.44. The van der Waals surface area contributed by atoms with E-state index in [0.717, 1.165) is 22.5 Å². The molecule has 9 heteroatoms. The third-order valence-electron chi connectivity index (χ3n) is 8.46. The minimum atomic E-state index is -0.984. The number of nitriles is 1. The molecule has 2 atom stereocenters. The summed E-state index contributed by atoms with van der Waals surface area (Å²) in [6.07, 6.45) is 4.03. The van der Waals surface area contributed by atoms with Gasteiger partial charge in [0.05, 0.1) is 31.2 Å². The van der Waals surface area contributed by atoms with Gasteiger partial charge in [0.25, 0.3) is 0 Å². The molecule has 220 valence electrons. The third-order valence-corrected chi connectivity index (χ3v) is 8.46. The van der Waals surface area contributed by atoms with Gasteiger partial charge in [-0.3, -0.25) is 9.59 Å². The van der Waals surface area contributed by atoms with E-state index in [-0.39, 0.29) is 25.9 Å². The molecule has 0 bridgehead atoms. The van der Waals surface area contributed by atoms with E-state index in [1.807, 2.05) is 35.5 Å². The van der Waals surface area contributed by atoms with Crippen molar-refractivity contribution in [2.24, 2.45) is 0 Å². The van der Waals surface area contributed by atoms with Gasteiger partial charge in [0, 0.05) is 29.3 Å². The standard InChI is InChI=1S/C34H34N4O5/c1-7-15-33(3)25-19-22(36-5)9-11-27(25)37(17-13-29(39)40)31(33)24(21-35)32-34(4,16-8-2)26-20-23(43-6)10-12-28(26)38(32)18-14-30(41)42/h7-12,19-20H,1-2,13-18H2,3-4,6H3,(H-,39,40,41,42)/p+1.